The number of hydrogen-bond acceptors (Lipinski definition) is 7. The first kappa shape index (κ1) is 21.6. The molecule has 2 aliphatic heterocycles. The summed E-state index contributed by atoms with van der Waals surface area (Å²) in [6, 6.07) is 11.4. The lowest BCUT2D eigenvalue weighted by molar-refractivity contribution is -0.144. The average Bonchev–Trinajstić information content (AvgIpc) is 3.37. The Morgan fingerprint density at radius 1 is 1.12 bits per heavy atom. The summed E-state index contributed by atoms with van der Waals surface area (Å²) in [6.07, 6.45) is -1.54. The van der Waals surface area contributed by atoms with Crippen LogP contribution >= 0.6 is 0 Å². The van der Waals surface area contributed by atoms with E-state index in [4.69, 9.17) is 4.42 Å². The van der Waals surface area contributed by atoms with Gasteiger partial charge in [-0.25, -0.2) is 4.79 Å². The minimum Gasteiger partial charge on any atom is -0.415 e. The molecule has 5 rings (SSSR count). The van der Waals surface area contributed by atoms with Gasteiger partial charge in [0, 0.05) is 18.8 Å². The van der Waals surface area contributed by atoms with Crippen LogP contribution in [-0.2, 0) is 16.1 Å². The maximum Gasteiger partial charge on any atom is 0.332 e. The first-order chi connectivity index (χ1) is 16.3. The van der Waals surface area contributed by atoms with Crippen LogP contribution in [0, 0.1) is 0 Å². The number of pyridine rings is 1. The molecule has 4 heterocycles. The highest BCUT2D eigenvalue weighted by molar-refractivity contribution is 6.18. The van der Waals surface area contributed by atoms with Crippen LogP contribution in [0.25, 0.3) is 11.5 Å². The molecule has 2 saturated heterocycles. The number of imide groups is 1. The van der Waals surface area contributed by atoms with Gasteiger partial charge in [-0.05, 0) is 24.3 Å². The lowest BCUT2D eigenvalue weighted by atomic mass is 9.87. The minimum absolute atomic E-state index is 0.102. The van der Waals surface area contributed by atoms with E-state index >= 15 is 0 Å². The molecule has 0 saturated carbocycles. The summed E-state index contributed by atoms with van der Waals surface area (Å²) in [5.74, 6) is -1.50. The van der Waals surface area contributed by atoms with Crippen LogP contribution < -0.4 is 4.90 Å². The van der Waals surface area contributed by atoms with Gasteiger partial charge in [0.15, 0.2) is 5.54 Å². The predicted octanol–water partition coefficient (Wildman–Crippen LogP) is 2.64. The van der Waals surface area contributed by atoms with E-state index in [0.717, 1.165) is 4.90 Å². The molecule has 2 fully saturated rings. The number of benzene rings is 1. The Labute approximate surface area is 191 Å². The molecule has 2 aromatic heterocycles. The fourth-order valence-corrected chi connectivity index (χ4v) is 4.14. The van der Waals surface area contributed by atoms with Gasteiger partial charge in [0.1, 0.15) is 0 Å². The van der Waals surface area contributed by atoms with Gasteiger partial charge in [0.2, 0.25) is 11.8 Å². The third kappa shape index (κ3) is 3.38. The van der Waals surface area contributed by atoms with E-state index < -0.39 is 29.8 Å². The Balaban J connectivity index is 1.40. The zero-order valence-corrected chi connectivity index (χ0v) is 17.9. The van der Waals surface area contributed by atoms with Crippen LogP contribution in [0.2, 0.25) is 0 Å². The Hall–Kier alpha value is -4.22. The van der Waals surface area contributed by atoms with E-state index in [1.807, 2.05) is 0 Å². The summed E-state index contributed by atoms with van der Waals surface area (Å²) in [4.78, 5) is 46.8. The summed E-state index contributed by atoms with van der Waals surface area (Å²) in [6.45, 7) is 1.52. The van der Waals surface area contributed by atoms with E-state index in [-0.39, 0.29) is 31.4 Å². The Morgan fingerprint density at radius 2 is 1.85 bits per heavy atom. The van der Waals surface area contributed by atoms with Crippen LogP contribution in [-0.4, -0.2) is 61.5 Å². The van der Waals surface area contributed by atoms with E-state index in [2.05, 4.69) is 15.2 Å². The SMILES string of the molecule is CC(=O)N1CC2(C1)C(=O)N(Cc1ccc(-c3nnc(C(F)F)o3)cn1)C(=O)N2c1ccccc1. The lowest BCUT2D eigenvalue weighted by Gasteiger charge is -2.49. The number of hydrogen-bond donors (Lipinski definition) is 0. The van der Waals surface area contributed by atoms with E-state index in [1.165, 1.54) is 29.0 Å². The summed E-state index contributed by atoms with van der Waals surface area (Å²) >= 11 is 0. The molecule has 12 heteroatoms. The highest BCUT2D eigenvalue weighted by atomic mass is 19.3. The number of alkyl halides is 2. The third-order valence-electron chi connectivity index (χ3n) is 5.88. The zero-order valence-electron chi connectivity index (χ0n) is 17.9. The van der Waals surface area contributed by atoms with Crippen LogP contribution in [0.4, 0.5) is 19.3 Å². The van der Waals surface area contributed by atoms with Crippen molar-refractivity contribution in [3.8, 4) is 11.5 Å². The zero-order chi connectivity index (χ0) is 24.0. The number of amides is 4. The first-order valence-electron chi connectivity index (χ1n) is 10.3. The quantitative estimate of drug-likeness (QED) is 0.529. The fraction of sp³-hybridized carbons (Fsp3) is 0.273. The normalized spacial score (nSPS) is 17.1. The van der Waals surface area contributed by atoms with Crippen LogP contribution in [0.5, 0.6) is 0 Å². The summed E-state index contributed by atoms with van der Waals surface area (Å²) in [5.41, 5.74) is 0.105. The van der Waals surface area contributed by atoms with Crippen molar-refractivity contribution in [1.82, 2.24) is 25.0 Å². The molecule has 0 bridgehead atoms. The van der Waals surface area contributed by atoms with E-state index in [9.17, 15) is 23.2 Å². The molecule has 0 aliphatic carbocycles. The smallest absolute Gasteiger partial charge is 0.332 e. The Morgan fingerprint density at radius 3 is 2.44 bits per heavy atom. The molecule has 0 unspecified atom stereocenters. The molecule has 0 N–H and O–H groups in total. The fourth-order valence-electron chi connectivity index (χ4n) is 4.14. The Kier molecular flexibility index (Phi) is 5.07. The van der Waals surface area contributed by atoms with Crippen molar-refractivity contribution < 1.29 is 27.6 Å². The molecule has 4 amide bonds. The second-order valence-corrected chi connectivity index (χ2v) is 8.04. The van der Waals surface area contributed by atoms with Crippen molar-refractivity contribution in [3.63, 3.8) is 0 Å². The number of likely N-dealkylation sites (tertiary alicyclic amines) is 1. The number of rotatable bonds is 5. The van der Waals surface area contributed by atoms with Crippen molar-refractivity contribution in [3.05, 3.63) is 60.2 Å². The second kappa shape index (κ2) is 7.97. The summed E-state index contributed by atoms with van der Waals surface area (Å²) in [7, 11) is 0. The van der Waals surface area contributed by atoms with Crippen molar-refractivity contribution >= 4 is 23.5 Å². The van der Waals surface area contributed by atoms with Gasteiger partial charge >= 0.3 is 12.5 Å². The lowest BCUT2D eigenvalue weighted by Crippen LogP contribution is -2.72. The van der Waals surface area contributed by atoms with Crippen molar-refractivity contribution in [2.24, 2.45) is 0 Å². The number of carbonyl (C=O) groups is 3. The largest absolute Gasteiger partial charge is 0.415 e. The monoisotopic (exact) mass is 468 g/mol. The van der Waals surface area contributed by atoms with Crippen LogP contribution in [0.3, 0.4) is 0 Å². The number of carbonyl (C=O) groups excluding carboxylic acids is 3. The molecule has 10 nitrogen and oxygen atoms in total. The molecule has 174 valence electrons. The third-order valence-corrected chi connectivity index (χ3v) is 5.88. The number of aromatic nitrogens is 3. The van der Waals surface area contributed by atoms with Crippen LogP contribution in [0.15, 0.2) is 53.1 Å². The highest BCUT2D eigenvalue weighted by Gasteiger charge is 2.64. The number of para-hydroxylation sites is 1. The number of urea groups is 1. The summed E-state index contributed by atoms with van der Waals surface area (Å²) in [5, 5.41) is 6.85. The second-order valence-electron chi connectivity index (χ2n) is 8.04. The van der Waals surface area contributed by atoms with Gasteiger partial charge < -0.3 is 9.32 Å². The number of halogens is 2. The maximum atomic E-state index is 13.4. The molecule has 34 heavy (non-hydrogen) atoms. The molecular formula is C22H18F2N6O4. The predicted molar refractivity (Wildman–Crippen MR) is 112 cm³/mol. The van der Waals surface area contributed by atoms with Crippen molar-refractivity contribution in [2.75, 3.05) is 18.0 Å². The molecule has 0 atom stereocenters. The molecule has 0 radical (unpaired) electrons. The number of nitrogens with zero attached hydrogens (tertiary/aromatic N) is 6. The molecule has 2 aliphatic rings. The van der Waals surface area contributed by atoms with Gasteiger partial charge in [-0.2, -0.15) is 8.78 Å². The van der Waals surface area contributed by atoms with Crippen molar-refractivity contribution in [2.45, 2.75) is 25.4 Å². The standard InChI is InChI=1S/C22H18F2N6O4/c1-13(31)28-11-22(12-28)20(32)29(21(33)30(22)16-5-3-2-4-6-16)10-15-8-7-14(9-25-15)18-26-27-19(34-18)17(23)24/h2-9,17H,10-12H2,1H3. The molecular weight excluding hydrogens is 450 g/mol. The number of anilines is 1. The topological polar surface area (TPSA) is 113 Å². The van der Waals surface area contributed by atoms with Crippen molar-refractivity contribution in [1.29, 1.82) is 0 Å². The van der Waals surface area contributed by atoms with E-state index in [1.54, 1.807) is 36.4 Å². The average molecular weight is 468 g/mol. The van der Waals surface area contributed by atoms with Gasteiger partial charge in [0.05, 0.1) is 30.9 Å². The molecule has 1 aromatic carbocycles. The first-order valence-corrected chi connectivity index (χ1v) is 10.3. The Bertz CT molecular complexity index is 1260. The van der Waals surface area contributed by atoms with Gasteiger partial charge in [-0.15, -0.1) is 10.2 Å². The molecule has 1 spiro atoms. The minimum atomic E-state index is -2.88. The highest BCUT2D eigenvalue weighted by Crippen LogP contribution is 2.40. The van der Waals surface area contributed by atoms with Gasteiger partial charge in [-0.3, -0.25) is 24.4 Å². The maximum absolute atomic E-state index is 13.4. The summed E-state index contributed by atoms with van der Waals surface area (Å²) < 4.78 is 30.3. The van der Waals surface area contributed by atoms with Gasteiger partial charge in [-0.1, -0.05) is 18.2 Å². The van der Waals surface area contributed by atoms with Gasteiger partial charge in [0.25, 0.3) is 11.8 Å². The van der Waals surface area contributed by atoms with Crippen LogP contribution in [0.1, 0.15) is 24.9 Å². The molecule has 3 aromatic rings. The van der Waals surface area contributed by atoms with E-state index in [0.29, 0.717) is 16.9 Å².